The Morgan fingerprint density at radius 1 is 0.435 bits per heavy atom. The molecule has 0 aliphatic carbocycles. The van der Waals surface area contributed by atoms with Gasteiger partial charge < -0.3 is 9.80 Å². The van der Waals surface area contributed by atoms with E-state index in [9.17, 15) is 9.59 Å². The predicted molar refractivity (Wildman–Crippen MR) is 190 cm³/mol. The zero-order valence-electron chi connectivity index (χ0n) is 25.7. The van der Waals surface area contributed by atoms with Crippen LogP contribution in [0.4, 0.5) is 0 Å². The molecule has 0 bridgehead atoms. The van der Waals surface area contributed by atoms with Gasteiger partial charge in [0.1, 0.15) is 0 Å². The van der Waals surface area contributed by atoms with E-state index in [0.29, 0.717) is 26.2 Å². The Kier molecular flexibility index (Phi) is 9.76. The van der Waals surface area contributed by atoms with Crippen LogP contribution in [0, 0.1) is 0 Å². The molecule has 6 aromatic rings. The van der Waals surface area contributed by atoms with E-state index < -0.39 is 0 Å². The van der Waals surface area contributed by atoms with Crippen molar-refractivity contribution in [2.75, 3.05) is 13.1 Å². The molecule has 0 spiro atoms. The molecule has 0 fully saturated rings. The number of fused-ring (bicyclic) bond motifs is 2. The molecule has 0 radical (unpaired) electrons. The SMILES string of the molecule is O=C(/C=C/c1cccc2ccccc12)N(CCN(Cc1ccccc1)C(=O)/C=C/c1cccc2ccccc12)Cc1ccccc1. The zero-order valence-corrected chi connectivity index (χ0v) is 25.7. The molecular weight excluding hydrogens is 564 g/mol. The number of benzene rings is 6. The van der Waals surface area contributed by atoms with Gasteiger partial charge in [-0.25, -0.2) is 0 Å². The topological polar surface area (TPSA) is 40.6 Å². The van der Waals surface area contributed by atoms with Gasteiger partial charge in [0.15, 0.2) is 0 Å². The number of hydrogen-bond donors (Lipinski definition) is 0. The van der Waals surface area contributed by atoms with Crippen LogP contribution in [-0.2, 0) is 22.7 Å². The highest BCUT2D eigenvalue weighted by atomic mass is 16.2. The smallest absolute Gasteiger partial charge is 0.246 e. The Bertz CT molecular complexity index is 1840. The third kappa shape index (κ3) is 7.66. The maximum Gasteiger partial charge on any atom is 0.246 e. The Morgan fingerprint density at radius 2 is 0.804 bits per heavy atom. The van der Waals surface area contributed by atoms with Gasteiger partial charge in [0.25, 0.3) is 0 Å². The molecule has 46 heavy (non-hydrogen) atoms. The first-order valence-corrected chi connectivity index (χ1v) is 15.6. The molecule has 0 aromatic heterocycles. The minimum atomic E-state index is -0.102. The van der Waals surface area contributed by atoms with Crippen LogP contribution in [0.25, 0.3) is 33.7 Å². The Balaban J connectivity index is 1.24. The second kappa shape index (κ2) is 14.8. The third-order valence-corrected chi connectivity index (χ3v) is 8.15. The molecule has 0 aliphatic heterocycles. The third-order valence-electron chi connectivity index (χ3n) is 8.15. The normalized spacial score (nSPS) is 11.4. The lowest BCUT2D eigenvalue weighted by Gasteiger charge is -2.27. The molecule has 0 N–H and O–H groups in total. The van der Waals surface area contributed by atoms with Gasteiger partial charge in [-0.05, 0) is 56.0 Å². The van der Waals surface area contributed by atoms with Gasteiger partial charge in [-0.1, -0.05) is 146 Å². The van der Waals surface area contributed by atoms with Crippen LogP contribution in [0.2, 0.25) is 0 Å². The van der Waals surface area contributed by atoms with Crippen LogP contribution in [0.15, 0.2) is 158 Å². The fourth-order valence-electron chi connectivity index (χ4n) is 5.71. The monoisotopic (exact) mass is 600 g/mol. The predicted octanol–water partition coefficient (Wildman–Crippen LogP) is 8.78. The minimum Gasteiger partial charge on any atom is -0.333 e. The summed E-state index contributed by atoms with van der Waals surface area (Å²) < 4.78 is 0. The van der Waals surface area contributed by atoms with E-state index in [4.69, 9.17) is 0 Å². The molecule has 4 heteroatoms. The maximum absolute atomic E-state index is 13.8. The molecule has 0 aliphatic rings. The average molecular weight is 601 g/mol. The summed E-state index contributed by atoms with van der Waals surface area (Å²) in [5.74, 6) is -0.203. The van der Waals surface area contributed by atoms with E-state index in [1.807, 2.05) is 131 Å². The number of hydrogen-bond acceptors (Lipinski definition) is 2. The Labute approximate surface area is 270 Å². The molecule has 0 saturated carbocycles. The fourth-order valence-corrected chi connectivity index (χ4v) is 5.71. The van der Waals surface area contributed by atoms with Crippen molar-refractivity contribution >= 4 is 45.5 Å². The largest absolute Gasteiger partial charge is 0.333 e. The lowest BCUT2D eigenvalue weighted by atomic mass is 10.0. The molecule has 226 valence electrons. The van der Waals surface area contributed by atoms with Gasteiger partial charge in [0.05, 0.1) is 0 Å². The summed E-state index contributed by atoms with van der Waals surface area (Å²) in [4.78, 5) is 31.1. The molecule has 0 heterocycles. The van der Waals surface area contributed by atoms with Crippen LogP contribution in [0.3, 0.4) is 0 Å². The van der Waals surface area contributed by atoms with Gasteiger partial charge in [0, 0.05) is 38.3 Å². The summed E-state index contributed by atoms with van der Waals surface area (Å²) in [6, 6.07) is 48.5. The first-order valence-electron chi connectivity index (χ1n) is 15.6. The summed E-state index contributed by atoms with van der Waals surface area (Å²) in [5, 5.41) is 4.46. The van der Waals surface area contributed by atoms with Crippen molar-refractivity contribution in [2.24, 2.45) is 0 Å². The van der Waals surface area contributed by atoms with Crippen molar-refractivity contribution in [3.05, 3.63) is 180 Å². The highest BCUT2D eigenvalue weighted by Gasteiger charge is 2.17. The lowest BCUT2D eigenvalue weighted by molar-refractivity contribution is -0.130. The highest BCUT2D eigenvalue weighted by Crippen LogP contribution is 2.21. The van der Waals surface area contributed by atoms with E-state index in [0.717, 1.165) is 43.8 Å². The van der Waals surface area contributed by atoms with Crippen LogP contribution < -0.4 is 0 Å². The van der Waals surface area contributed by atoms with Gasteiger partial charge >= 0.3 is 0 Å². The first kappa shape index (κ1) is 30.3. The van der Waals surface area contributed by atoms with Crippen molar-refractivity contribution in [1.82, 2.24) is 9.80 Å². The van der Waals surface area contributed by atoms with Gasteiger partial charge in [-0.2, -0.15) is 0 Å². The second-order valence-electron chi connectivity index (χ2n) is 11.3. The van der Waals surface area contributed by atoms with Crippen molar-refractivity contribution in [1.29, 1.82) is 0 Å². The first-order chi connectivity index (χ1) is 22.6. The molecule has 6 aromatic carbocycles. The summed E-state index contributed by atoms with van der Waals surface area (Å²) in [7, 11) is 0. The Morgan fingerprint density at radius 3 is 1.24 bits per heavy atom. The number of rotatable bonds is 11. The van der Waals surface area contributed by atoms with Crippen molar-refractivity contribution in [3.8, 4) is 0 Å². The summed E-state index contributed by atoms with van der Waals surface area (Å²) in [6.07, 6.45) is 7.08. The maximum atomic E-state index is 13.8. The van der Waals surface area contributed by atoms with Crippen LogP contribution in [0.5, 0.6) is 0 Å². The standard InChI is InChI=1S/C42H36N2O2/c45-41(27-25-37-21-11-19-35-17-7-9-23-39(35)37)43(31-33-13-3-1-4-14-33)29-30-44(32-34-15-5-2-6-16-34)42(46)28-26-38-22-12-20-36-18-8-10-24-40(36)38/h1-28H,29-32H2/b27-25+,28-26+. The molecular formula is C42H36N2O2. The van der Waals surface area contributed by atoms with Crippen molar-refractivity contribution in [3.63, 3.8) is 0 Å². The average Bonchev–Trinajstić information content (AvgIpc) is 3.11. The second-order valence-corrected chi connectivity index (χ2v) is 11.3. The van der Waals surface area contributed by atoms with Crippen LogP contribution in [0.1, 0.15) is 22.3 Å². The lowest BCUT2D eigenvalue weighted by Crippen LogP contribution is -2.39. The highest BCUT2D eigenvalue weighted by molar-refractivity contribution is 5.98. The number of amides is 2. The minimum absolute atomic E-state index is 0.102. The van der Waals surface area contributed by atoms with E-state index in [2.05, 4.69) is 36.4 Å². The van der Waals surface area contributed by atoms with E-state index >= 15 is 0 Å². The van der Waals surface area contributed by atoms with Gasteiger partial charge in [0.2, 0.25) is 11.8 Å². The van der Waals surface area contributed by atoms with Crippen LogP contribution in [-0.4, -0.2) is 34.7 Å². The molecule has 0 saturated heterocycles. The van der Waals surface area contributed by atoms with E-state index in [1.165, 1.54) is 0 Å². The number of nitrogens with zero attached hydrogens (tertiary/aromatic N) is 2. The summed E-state index contributed by atoms with van der Waals surface area (Å²) in [5.41, 5.74) is 4.05. The fraction of sp³-hybridized carbons (Fsp3) is 0.0952. The van der Waals surface area contributed by atoms with Crippen molar-refractivity contribution in [2.45, 2.75) is 13.1 Å². The quantitative estimate of drug-likeness (QED) is 0.140. The number of carbonyl (C=O) groups is 2. The molecule has 0 unspecified atom stereocenters. The summed E-state index contributed by atoms with van der Waals surface area (Å²) in [6.45, 7) is 1.65. The van der Waals surface area contributed by atoms with Gasteiger partial charge in [-0.3, -0.25) is 9.59 Å². The van der Waals surface area contributed by atoms with Gasteiger partial charge in [-0.15, -0.1) is 0 Å². The zero-order chi connectivity index (χ0) is 31.6. The molecule has 0 atom stereocenters. The Hall–Kier alpha value is -5.74. The molecule has 4 nitrogen and oxygen atoms in total. The summed E-state index contributed by atoms with van der Waals surface area (Å²) >= 11 is 0. The van der Waals surface area contributed by atoms with Crippen molar-refractivity contribution < 1.29 is 9.59 Å². The number of carbonyl (C=O) groups excluding carboxylic acids is 2. The van der Waals surface area contributed by atoms with E-state index in [-0.39, 0.29) is 11.8 Å². The van der Waals surface area contributed by atoms with Crippen LogP contribution >= 0.6 is 0 Å². The molecule has 6 rings (SSSR count). The molecule has 2 amide bonds. The van der Waals surface area contributed by atoms with E-state index in [1.54, 1.807) is 12.2 Å².